The molecule has 0 amide bonds. The monoisotopic (exact) mass is 464 g/mol. The molecule has 0 saturated heterocycles. The Hall–Kier alpha value is -2.82. The molecule has 0 unspecified atom stereocenters. The molecule has 162 valence electrons. The Morgan fingerprint density at radius 1 is 1.25 bits per heavy atom. The van der Waals surface area contributed by atoms with E-state index in [-0.39, 0.29) is 17.1 Å². The van der Waals surface area contributed by atoms with Gasteiger partial charge in [-0.25, -0.2) is 9.38 Å². The number of carbonyl (C=O) groups excluding carboxylic acids is 1. The highest BCUT2D eigenvalue weighted by Crippen LogP contribution is 2.41. The number of thiophene rings is 1. The smallest absolute Gasteiger partial charge is 0.260 e. The molecule has 0 aliphatic carbocycles. The molecule has 0 spiro atoms. The number of fused-ring (bicyclic) bond motifs is 8. The minimum absolute atomic E-state index is 0.0573. The Kier molecular flexibility index (Phi) is 4.40. The standard InChI is InChI=1S/C22H20N6O2S2/c1-12-23-18-17-14-9-22(2,3)30-10-16(14)32-19(17)27-20(28(18)26-12)24-25-21(27)31-11-15(29)13-7-5-4-6-8-13/h4-8H,9-11H2,1-3H3. The van der Waals surface area contributed by atoms with Crippen molar-refractivity contribution in [3.63, 3.8) is 0 Å². The van der Waals surface area contributed by atoms with Crippen LogP contribution in [0.5, 0.6) is 0 Å². The molecule has 5 aromatic rings. The number of rotatable bonds is 4. The highest BCUT2D eigenvalue weighted by molar-refractivity contribution is 7.99. The van der Waals surface area contributed by atoms with Crippen molar-refractivity contribution in [2.24, 2.45) is 0 Å². The number of carbonyl (C=O) groups is 1. The Morgan fingerprint density at radius 3 is 2.88 bits per heavy atom. The Bertz CT molecular complexity index is 1520. The van der Waals surface area contributed by atoms with Crippen molar-refractivity contribution in [1.82, 2.24) is 29.2 Å². The lowest BCUT2D eigenvalue weighted by Crippen LogP contribution is -2.31. The van der Waals surface area contributed by atoms with Crippen molar-refractivity contribution >= 4 is 50.5 Å². The first-order valence-corrected chi connectivity index (χ1v) is 12.1. The fourth-order valence-corrected chi connectivity index (χ4v) is 6.26. The molecule has 0 N–H and O–H groups in total. The van der Waals surface area contributed by atoms with Crippen molar-refractivity contribution in [1.29, 1.82) is 0 Å². The van der Waals surface area contributed by atoms with E-state index in [1.54, 1.807) is 15.9 Å². The normalized spacial score (nSPS) is 15.6. The zero-order valence-electron chi connectivity index (χ0n) is 17.8. The molecule has 8 nitrogen and oxygen atoms in total. The zero-order chi connectivity index (χ0) is 22.0. The van der Waals surface area contributed by atoms with Crippen molar-refractivity contribution in [2.45, 2.75) is 44.6 Å². The SMILES string of the molecule is Cc1nc2c3c4c(sc3n3c(SCC(=O)c5ccccc5)nnc3n2n1)COC(C)(C)C4. The van der Waals surface area contributed by atoms with Crippen LogP contribution in [0.2, 0.25) is 0 Å². The summed E-state index contributed by atoms with van der Waals surface area (Å²) in [7, 11) is 0. The van der Waals surface area contributed by atoms with E-state index in [9.17, 15) is 4.79 Å². The number of nitrogens with zero attached hydrogens (tertiary/aromatic N) is 6. The maximum atomic E-state index is 12.7. The van der Waals surface area contributed by atoms with E-state index in [1.807, 2.05) is 41.7 Å². The maximum Gasteiger partial charge on any atom is 0.260 e. The molecule has 0 atom stereocenters. The predicted octanol–water partition coefficient (Wildman–Crippen LogP) is 4.12. The molecule has 0 bridgehead atoms. The number of benzene rings is 1. The summed E-state index contributed by atoms with van der Waals surface area (Å²) in [6, 6.07) is 9.32. The summed E-state index contributed by atoms with van der Waals surface area (Å²) >= 11 is 3.07. The van der Waals surface area contributed by atoms with Gasteiger partial charge in [-0.15, -0.1) is 26.6 Å². The summed E-state index contributed by atoms with van der Waals surface area (Å²) in [4.78, 5) is 19.6. The van der Waals surface area contributed by atoms with E-state index in [4.69, 9.17) is 9.72 Å². The Morgan fingerprint density at radius 2 is 2.06 bits per heavy atom. The van der Waals surface area contributed by atoms with Gasteiger partial charge in [0.05, 0.1) is 23.3 Å². The van der Waals surface area contributed by atoms with Gasteiger partial charge in [0.25, 0.3) is 5.78 Å². The lowest BCUT2D eigenvalue weighted by atomic mass is 9.94. The van der Waals surface area contributed by atoms with E-state index in [0.29, 0.717) is 28.9 Å². The predicted molar refractivity (Wildman–Crippen MR) is 124 cm³/mol. The number of Topliss-reactive ketones (excluding diaryl/α,β-unsaturated/α-hetero) is 1. The van der Waals surface area contributed by atoms with Gasteiger partial charge < -0.3 is 4.74 Å². The second-order valence-corrected chi connectivity index (χ2v) is 10.5. The van der Waals surface area contributed by atoms with Gasteiger partial charge in [0, 0.05) is 16.9 Å². The molecule has 10 heteroatoms. The third-order valence-electron chi connectivity index (χ3n) is 5.64. The number of ketones is 1. The van der Waals surface area contributed by atoms with Crippen LogP contribution in [0.1, 0.15) is 40.5 Å². The first-order valence-electron chi connectivity index (χ1n) is 10.3. The van der Waals surface area contributed by atoms with Crippen LogP contribution in [0, 0.1) is 6.92 Å². The molecule has 5 heterocycles. The van der Waals surface area contributed by atoms with Crippen LogP contribution in [0.4, 0.5) is 0 Å². The van der Waals surface area contributed by atoms with Crippen molar-refractivity contribution in [2.75, 3.05) is 5.75 Å². The number of ether oxygens (including phenoxy) is 1. The van der Waals surface area contributed by atoms with Gasteiger partial charge in [0.2, 0.25) is 0 Å². The highest BCUT2D eigenvalue weighted by atomic mass is 32.2. The fourth-order valence-electron chi connectivity index (χ4n) is 4.15. The van der Waals surface area contributed by atoms with Crippen LogP contribution in [0.3, 0.4) is 0 Å². The molecular weight excluding hydrogens is 444 g/mol. The van der Waals surface area contributed by atoms with E-state index in [1.165, 1.54) is 22.2 Å². The lowest BCUT2D eigenvalue weighted by molar-refractivity contribution is -0.0379. The van der Waals surface area contributed by atoms with Gasteiger partial charge in [0.1, 0.15) is 10.7 Å². The van der Waals surface area contributed by atoms with E-state index < -0.39 is 0 Å². The van der Waals surface area contributed by atoms with Crippen molar-refractivity contribution < 1.29 is 9.53 Å². The van der Waals surface area contributed by atoms with Crippen LogP contribution in [-0.2, 0) is 17.8 Å². The van der Waals surface area contributed by atoms with Gasteiger partial charge >= 0.3 is 0 Å². The van der Waals surface area contributed by atoms with E-state index in [2.05, 4.69) is 29.1 Å². The first kappa shape index (κ1) is 19.8. The first-order chi connectivity index (χ1) is 15.4. The van der Waals surface area contributed by atoms with Crippen LogP contribution in [-0.4, -0.2) is 46.3 Å². The quantitative estimate of drug-likeness (QED) is 0.292. The molecule has 6 rings (SSSR count). The highest BCUT2D eigenvalue weighted by Gasteiger charge is 2.32. The van der Waals surface area contributed by atoms with Crippen LogP contribution in [0.25, 0.3) is 21.6 Å². The maximum absolute atomic E-state index is 12.7. The van der Waals surface area contributed by atoms with Crippen molar-refractivity contribution in [3.8, 4) is 0 Å². The minimum atomic E-state index is -0.241. The molecule has 1 aromatic carbocycles. The average Bonchev–Trinajstić information content (AvgIpc) is 3.46. The number of aromatic nitrogens is 6. The zero-order valence-corrected chi connectivity index (χ0v) is 19.5. The number of hydrogen-bond acceptors (Lipinski definition) is 8. The molecule has 0 fully saturated rings. The fraction of sp³-hybridized carbons (Fsp3) is 0.318. The summed E-state index contributed by atoms with van der Waals surface area (Å²) in [6.07, 6.45) is 0.798. The van der Waals surface area contributed by atoms with Gasteiger partial charge in [-0.2, -0.15) is 4.52 Å². The molecule has 1 aliphatic heterocycles. The van der Waals surface area contributed by atoms with Gasteiger partial charge in [-0.3, -0.25) is 4.79 Å². The van der Waals surface area contributed by atoms with Crippen molar-refractivity contribution in [3.05, 3.63) is 52.2 Å². The second kappa shape index (κ2) is 7.09. The third kappa shape index (κ3) is 3.05. The molecule has 1 aliphatic rings. The lowest BCUT2D eigenvalue weighted by Gasteiger charge is -2.30. The number of hydrogen-bond donors (Lipinski definition) is 0. The molecule has 4 aromatic heterocycles. The van der Waals surface area contributed by atoms with Crippen LogP contribution in [0.15, 0.2) is 35.5 Å². The van der Waals surface area contributed by atoms with Gasteiger partial charge in [-0.05, 0) is 26.3 Å². The number of thioether (sulfide) groups is 1. The molecule has 0 radical (unpaired) electrons. The Balaban J connectivity index is 1.52. The molecule has 32 heavy (non-hydrogen) atoms. The minimum Gasteiger partial charge on any atom is -0.370 e. The van der Waals surface area contributed by atoms with E-state index >= 15 is 0 Å². The molecular formula is C22H20N6O2S2. The largest absolute Gasteiger partial charge is 0.370 e. The van der Waals surface area contributed by atoms with Crippen LogP contribution >= 0.6 is 23.1 Å². The molecule has 0 saturated carbocycles. The topological polar surface area (TPSA) is 86.7 Å². The second-order valence-electron chi connectivity index (χ2n) is 8.50. The summed E-state index contributed by atoms with van der Waals surface area (Å²) < 4.78 is 9.84. The van der Waals surface area contributed by atoms with Gasteiger partial charge in [-0.1, -0.05) is 42.1 Å². The summed E-state index contributed by atoms with van der Waals surface area (Å²) in [6.45, 7) is 6.67. The van der Waals surface area contributed by atoms with E-state index in [0.717, 1.165) is 22.3 Å². The van der Waals surface area contributed by atoms with Gasteiger partial charge in [0.15, 0.2) is 16.6 Å². The average molecular weight is 465 g/mol. The third-order valence-corrected chi connectivity index (χ3v) is 7.76. The summed E-state index contributed by atoms with van der Waals surface area (Å²) in [5.74, 6) is 1.62. The Labute approximate surface area is 191 Å². The number of aryl methyl sites for hydroxylation is 1. The summed E-state index contributed by atoms with van der Waals surface area (Å²) in [5.41, 5.74) is 2.50. The summed E-state index contributed by atoms with van der Waals surface area (Å²) in [5, 5.41) is 15.2. The van der Waals surface area contributed by atoms with Crippen LogP contribution < -0.4 is 0 Å².